The highest BCUT2D eigenvalue weighted by Gasteiger charge is 2.15. The van der Waals surface area contributed by atoms with Gasteiger partial charge in [-0.05, 0) is 53.6 Å². The van der Waals surface area contributed by atoms with Crippen LogP contribution < -0.4 is 0 Å². The van der Waals surface area contributed by atoms with Crippen LogP contribution in [0, 0.1) is 5.82 Å². The third-order valence-electron chi connectivity index (χ3n) is 3.56. The fourth-order valence-corrected chi connectivity index (χ4v) is 3.18. The summed E-state index contributed by atoms with van der Waals surface area (Å²) >= 11 is 3.67. The molecular formula is C16H14BrF. The maximum Gasteiger partial charge on any atom is 0.123 e. The molecule has 0 fully saturated rings. The summed E-state index contributed by atoms with van der Waals surface area (Å²) in [6.45, 7) is 0. The summed E-state index contributed by atoms with van der Waals surface area (Å²) in [6.07, 6.45) is 3.63. The van der Waals surface area contributed by atoms with Crippen molar-refractivity contribution in [2.45, 2.75) is 24.1 Å². The molecule has 0 N–H and O–H groups in total. The highest BCUT2D eigenvalue weighted by Crippen LogP contribution is 2.33. The van der Waals surface area contributed by atoms with Gasteiger partial charge in [0.15, 0.2) is 0 Å². The Morgan fingerprint density at radius 3 is 2.56 bits per heavy atom. The molecule has 1 aliphatic rings. The Labute approximate surface area is 115 Å². The van der Waals surface area contributed by atoms with Crippen LogP contribution in [-0.2, 0) is 12.8 Å². The Morgan fingerprint density at radius 2 is 1.72 bits per heavy atom. The van der Waals surface area contributed by atoms with Crippen LogP contribution in [0.25, 0.3) is 0 Å². The fraction of sp³-hybridized carbons (Fsp3) is 0.250. The molecule has 0 bridgehead atoms. The van der Waals surface area contributed by atoms with Gasteiger partial charge in [-0.3, -0.25) is 0 Å². The number of hydrogen-bond donors (Lipinski definition) is 0. The van der Waals surface area contributed by atoms with E-state index in [1.807, 2.05) is 6.07 Å². The van der Waals surface area contributed by atoms with E-state index in [2.05, 4.69) is 34.1 Å². The van der Waals surface area contributed by atoms with Crippen LogP contribution in [0.3, 0.4) is 0 Å². The van der Waals surface area contributed by atoms with Crippen LogP contribution in [-0.4, -0.2) is 0 Å². The average Bonchev–Trinajstić information content (AvgIpc) is 2.85. The molecule has 0 saturated carbocycles. The first-order valence-corrected chi connectivity index (χ1v) is 7.17. The Morgan fingerprint density at radius 1 is 0.944 bits per heavy atom. The summed E-state index contributed by atoms with van der Waals surface area (Å²) < 4.78 is 13.2. The monoisotopic (exact) mass is 304 g/mol. The third kappa shape index (κ3) is 2.22. The molecule has 3 rings (SSSR count). The zero-order valence-corrected chi connectivity index (χ0v) is 11.6. The number of halogens is 2. The summed E-state index contributed by atoms with van der Waals surface area (Å²) in [5.41, 5.74) is 5.10. The van der Waals surface area contributed by atoms with Crippen molar-refractivity contribution in [2.75, 3.05) is 0 Å². The van der Waals surface area contributed by atoms with Gasteiger partial charge in [-0.1, -0.05) is 46.3 Å². The number of hydrogen-bond acceptors (Lipinski definition) is 0. The highest BCUT2D eigenvalue weighted by atomic mass is 79.9. The molecule has 2 aromatic carbocycles. The summed E-state index contributed by atoms with van der Waals surface area (Å²) in [4.78, 5) is 0.0686. The molecule has 0 aromatic heterocycles. The van der Waals surface area contributed by atoms with E-state index in [-0.39, 0.29) is 10.6 Å². The molecule has 1 atom stereocenters. The van der Waals surface area contributed by atoms with Gasteiger partial charge in [0.2, 0.25) is 0 Å². The van der Waals surface area contributed by atoms with Crippen LogP contribution in [0.5, 0.6) is 0 Å². The average molecular weight is 305 g/mol. The molecule has 18 heavy (non-hydrogen) atoms. The number of alkyl halides is 1. The number of aryl methyl sites for hydroxylation is 2. The van der Waals surface area contributed by atoms with Gasteiger partial charge in [0.25, 0.3) is 0 Å². The molecule has 1 aliphatic carbocycles. The lowest BCUT2D eigenvalue weighted by atomic mass is 10.0. The lowest BCUT2D eigenvalue weighted by Gasteiger charge is -2.12. The van der Waals surface area contributed by atoms with Crippen LogP contribution in [0.1, 0.15) is 33.5 Å². The fourth-order valence-electron chi connectivity index (χ4n) is 2.61. The molecule has 2 aromatic rings. The zero-order chi connectivity index (χ0) is 12.5. The van der Waals surface area contributed by atoms with Crippen molar-refractivity contribution < 1.29 is 4.39 Å². The standard InChI is InChI=1S/C16H14BrF/c17-16(13-5-2-6-15(18)10-13)14-8-7-11-3-1-4-12(11)9-14/h2,5-10,16H,1,3-4H2. The minimum absolute atomic E-state index is 0.0686. The lowest BCUT2D eigenvalue weighted by molar-refractivity contribution is 0.626. The molecule has 0 spiro atoms. The molecule has 0 aliphatic heterocycles. The van der Waals surface area contributed by atoms with Crippen molar-refractivity contribution >= 4 is 15.9 Å². The van der Waals surface area contributed by atoms with Gasteiger partial charge >= 0.3 is 0 Å². The summed E-state index contributed by atoms with van der Waals surface area (Å²) in [6, 6.07) is 13.4. The molecule has 0 saturated heterocycles. The molecule has 0 nitrogen and oxygen atoms in total. The Hall–Kier alpha value is -1.15. The Bertz CT molecular complexity index is 577. The van der Waals surface area contributed by atoms with Gasteiger partial charge in [0, 0.05) is 0 Å². The summed E-state index contributed by atoms with van der Waals surface area (Å²) in [5, 5.41) is 0. The largest absolute Gasteiger partial charge is 0.207 e. The first-order chi connectivity index (χ1) is 8.74. The van der Waals surface area contributed by atoms with Gasteiger partial charge < -0.3 is 0 Å². The van der Waals surface area contributed by atoms with Crippen LogP contribution >= 0.6 is 15.9 Å². The SMILES string of the molecule is Fc1cccc(C(Br)c2ccc3c(c2)CCC3)c1. The van der Waals surface area contributed by atoms with Gasteiger partial charge in [0.05, 0.1) is 4.83 Å². The first kappa shape index (κ1) is 11.9. The van der Waals surface area contributed by atoms with Gasteiger partial charge in [-0.25, -0.2) is 4.39 Å². The minimum Gasteiger partial charge on any atom is -0.207 e. The smallest absolute Gasteiger partial charge is 0.123 e. The van der Waals surface area contributed by atoms with Gasteiger partial charge in [-0.15, -0.1) is 0 Å². The van der Waals surface area contributed by atoms with E-state index in [1.54, 1.807) is 12.1 Å². The summed E-state index contributed by atoms with van der Waals surface area (Å²) in [7, 11) is 0. The molecule has 2 heteroatoms. The second kappa shape index (κ2) is 4.85. The highest BCUT2D eigenvalue weighted by molar-refractivity contribution is 9.09. The number of fused-ring (bicyclic) bond motifs is 1. The molecule has 92 valence electrons. The van der Waals surface area contributed by atoms with Crippen molar-refractivity contribution in [3.63, 3.8) is 0 Å². The predicted molar refractivity (Wildman–Crippen MR) is 75.6 cm³/mol. The first-order valence-electron chi connectivity index (χ1n) is 6.25. The normalized spacial score (nSPS) is 15.4. The predicted octanol–water partition coefficient (Wildman–Crippen LogP) is 4.80. The Balaban J connectivity index is 1.95. The van der Waals surface area contributed by atoms with Crippen molar-refractivity contribution in [2.24, 2.45) is 0 Å². The second-order valence-corrected chi connectivity index (χ2v) is 5.71. The van der Waals surface area contributed by atoms with Gasteiger partial charge in [0.1, 0.15) is 5.82 Å². The topological polar surface area (TPSA) is 0 Å². The maximum atomic E-state index is 13.2. The number of rotatable bonds is 2. The maximum absolute atomic E-state index is 13.2. The number of benzene rings is 2. The minimum atomic E-state index is -0.182. The molecule has 0 amide bonds. The van der Waals surface area contributed by atoms with Gasteiger partial charge in [-0.2, -0.15) is 0 Å². The summed E-state index contributed by atoms with van der Waals surface area (Å²) in [5.74, 6) is -0.182. The van der Waals surface area contributed by atoms with Crippen molar-refractivity contribution in [3.05, 3.63) is 70.5 Å². The van der Waals surface area contributed by atoms with Crippen molar-refractivity contribution in [1.29, 1.82) is 0 Å². The molecule has 0 radical (unpaired) electrons. The quantitative estimate of drug-likeness (QED) is 0.699. The zero-order valence-electron chi connectivity index (χ0n) is 10.00. The van der Waals surface area contributed by atoms with E-state index < -0.39 is 0 Å². The van der Waals surface area contributed by atoms with Crippen LogP contribution in [0.4, 0.5) is 4.39 Å². The van der Waals surface area contributed by atoms with Crippen molar-refractivity contribution in [3.8, 4) is 0 Å². The van der Waals surface area contributed by atoms with Crippen molar-refractivity contribution in [1.82, 2.24) is 0 Å². The van der Waals surface area contributed by atoms with E-state index in [0.717, 1.165) is 5.56 Å². The van der Waals surface area contributed by atoms with E-state index in [1.165, 1.54) is 42.0 Å². The lowest BCUT2D eigenvalue weighted by Crippen LogP contribution is -1.95. The molecule has 0 heterocycles. The molecule has 1 unspecified atom stereocenters. The van der Waals surface area contributed by atoms with E-state index in [9.17, 15) is 4.39 Å². The Kier molecular flexibility index (Phi) is 3.21. The van der Waals surface area contributed by atoms with E-state index in [0.29, 0.717) is 0 Å². The van der Waals surface area contributed by atoms with E-state index >= 15 is 0 Å². The van der Waals surface area contributed by atoms with Crippen LogP contribution in [0.2, 0.25) is 0 Å². The molecular weight excluding hydrogens is 291 g/mol. The van der Waals surface area contributed by atoms with Crippen LogP contribution in [0.15, 0.2) is 42.5 Å². The second-order valence-electron chi connectivity index (χ2n) is 4.80. The van der Waals surface area contributed by atoms with E-state index in [4.69, 9.17) is 0 Å². The third-order valence-corrected chi connectivity index (χ3v) is 4.61.